The Labute approximate surface area is 198 Å². The first kappa shape index (κ1) is 24.1. The van der Waals surface area contributed by atoms with E-state index in [2.05, 4.69) is 63.8 Å². The molecule has 0 aliphatic carbocycles. The van der Waals surface area contributed by atoms with Gasteiger partial charge >= 0.3 is 5.97 Å². The number of rotatable bonds is 11. The molecule has 5 nitrogen and oxygen atoms in total. The summed E-state index contributed by atoms with van der Waals surface area (Å²) in [4.78, 5) is 12.1. The maximum Gasteiger partial charge on any atom is 0.335 e. The van der Waals surface area contributed by atoms with Crippen LogP contribution >= 0.6 is 15.9 Å². The Morgan fingerprint density at radius 1 is 0.969 bits per heavy atom. The van der Waals surface area contributed by atoms with Crippen LogP contribution in [0.2, 0.25) is 0 Å². The standard InChI is InChI=1S/C26H30BrNO4/c1-4-30-25(26(29)31-5-2)18-20-7-13-23(14-8-20)32-17-16-28-19(3)6-15-24(28)21-9-11-22(27)12-10-21/h6-15,25H,4-5,16-18H2,1-3H3. The van der Waals surface area contributed by atoms with Gasteiger partial charge in [-0.05, 0) is 68.3 Å². The summed E-state index contributed by atoms with van der Waals surface area (Å²) in [6, 6.07) is 20.4. The lowest BCUT2D eigenvalue weighted by Gasteiger charge is -2.16. The normalized spacial score (nSPS) is 11.9. The van der Waals surface area contributed by atoms with E-state index >= 15 is 0 Å². The fraction of sp³-hybridized carbons (Fsp3) is 0.346. The molecule has 0 amide bonds. The molecule has 1 unspecified atom stereocenters. The number of hydrogen-bond donors (Lipinski definition) is 0. The van der Waals surface area contributed by atoms with Crippen molar-refractivity contribution in [1.82, 2.24) is 4.57 Å². The number of aryl methyl sites for hydroxylation is 1. The topological polar surface area (TPSA) is 49.7 Å². The third kappa shape index (κ3) is 6.47. The van der Waals surface area contributed by atoms with Crippen LogP contribution in [0.15, 0.2) is 65.1 Å². The number of halogens is 1. The Bertz CT molecular complexity index is 996. The molecule has 0 aliphatic rings. The molecule has 3 rings (SSSR count). The van der Waals surface area contributed by atoms with Gasteiger partial charge in [0.15, 0.2) is 6.10 Å². The van der Waals surface area contributed by atoms with Crippen molar-refractivity contribution < 1.29 is 19.0 Å². The second kappa shape index (κ2) is 11.9. The van der Waals surface area contributed by atoms with E-state index in [1.807, 2.05) is 31.2 Å². The highest BCUT2D eigenvalue weighted by atomic mass is 79.9. The maximum absolute atomic E-state index is 12.1. The van der Waals surface area contributed by atoms with Crippen molar-refractivity contribution in [3.05, 3.63) is 76.4 Å². The lowest BCUT2D eigenvalue weighted by molar-refractivity contribution is -0.156. The summed E-state index contributed by atoms with van der Waals surface area (Å²) in [5, 5.41) is 0. The number of benzene rings is 2. The first-order valence-corrected chi connectivity index (χ1v) is 11.7. The van der Waals surface area contributed by atoms with Crippen LogP contribution in [0.3, 0.4) is 0 Å². The van der Waals surface area contributed by atoms with Gasteiger partial charge in [-0.2, -0.15) is 0 Å². The lowest BCUT2D eigenvalue weighted by Crippen LogP contribution is -2.28. The van der Waals surface area contributed by atoms with Crippen molar-refractivity contribution in [2.45, 2.75) is 39.8 Å². The molecular weight excluding hydrogens is 470 g/mol. The molecule has 1 heterocycles. The molecule has 1 aromatic heterocycles. The fourth-order valence-electron chi connectivity index (χ4n) is 3.58. The summed E-state index contributed by atoms with van der Waals surface area (Å²) < 4.78 is 20.0. The fourth-order valence-corrected chi connectivity index (χ4v) is 3.84. The van der Waals surface area contributed by atoms with Crippen molar-refractivity contribution in [2.24, 2.45) is 0 Å². The Balaban J connectivity index is 1.58. The predicted octanol–water partition coefficient (Wildman–Crippen LogP) is 5.82. The van der Waals surface area contributed by atoms with E-state index in [0.717, 1.165) is 22.3 Å². The van der Waals surface area contributed by atoms with Crippen molar-refractivity contribution >= 4 is 21.9 Å². The van der Waals surface area contributed by atoms with Gasteiger partial charge in [-0.25, -0.2) is 4.79 Å². The minimum absolute atomic E-state index is 0.321. The van der Waals surface area contributed by atoms with Crippen LogP contribution < -0.4 is 4.74 Å². The van der Waals surface area contributed by atoms with Crippen LogP contribution in [0.5, 0.6) is 5.75 Å². The van der Waals surface area contributed by atoms with Gasteiger partial charge in [-0.3, -0.25) is 0 Å². The van der Waals surface area contributed by atoms with Crippen molar-refractivity contribution in [2.75, 3.05) is 19.8 Å². The van der Waals surface area contributed by atoms with Crippen molar-refractivity contribution in [3.63, 3.8) is 0 Å². The van der Waals surface area contributed by atoms with E-state index in [1.165, 1.54) is 17.0 Å². The molecule has 0 radical (unpaired) electrons. The Hall–Kier alpha value is -2.57. The molecule has 0 saturated carbocycles. The number of aromatic nitrogens is 1. The second-order valence-electron chi connectivity index (χ2n) is 7.41. The average molecular weight is 500 g/mol. The minimum atomic E-state index is -0.583. The van der Waals surface area contributed by atoms with Crippen molar-refractivity contribution in [3.8, 4) is 17.0 Å². The Morgan fingerprint density at radius 2 is 1.69 bits per heavy atom. The van der Waals surface area contributed by atoms with Gasteiger partial charge in [0, 0.05) is 28.9 Å². The third-order valence-electron chi connectivity index (χ3n) is 5.18. The van der Waals surface area contributed by atoms with E-state index < -0.39 is 6.10 Å². The van der Waals surface area contributed by atoms with Crippen LogP contribution in [-0.4, -0.2) is 36.5 Å². The Morgan fingerprint density at radius 3 is 2.34 bits per heavy atom. The van der Waals surface area contributed by atoms with Crippen LogP contribution in [0.4, 0.5) is 0 Å². The summed E-state index contributed by atoms with van der Waals surface area (Å²) in [6.45, 7) is 7.90. The van der Waals surface area contributed by atoms with E-state index in [9.17, 15) is 4.79 Å². The minimum Gasteiger partial charge on any atom is -0.492 e. The molecule has 1 atom stereocenters. The SMILES string of the molecule is CCOC(=O)C(Cc1ccc(OCCn2c(C)ccc2-c2ccc(Br)cc2)cc1)OCC. The number of carbonyl (C=O) groups excluding carboxylic acids is 1. The zero-order valence-electron chi connectivity index (χ0n) is 18.8. The quantitative estimate of drug-likeness (QED) is 0.312. The number of carbonyl (C=O) groups is 1. The van der Waals surface area contributed by atoms with Gasteiger partial charge in [0.2, 0.25) is 0 Å². The molecule has 32 heavy (non-hydrogen) atoms. The molecule has 0 aliphatic heterocycles. The highest BCUT2D eigenvalue weighted by Gasteiger charge is 2.20. The van der Waals surface area contributed by atoms with E-state index in [0.29, 0.717) is 26.2 Å². The van der Waals surface area contributed by atoms with Gasteiger partial charge < -0.3 is 18.8 Å². The van der Waals surface area contributed by atoms with E-state index in [-0.39, 0.29) is 5.97 Å². The molecule has 170 valence electrons. The van der Waals surface area contributed by atoms with Gasteiger partial charge in [0.1, 0.15) is 12.4 Å². The summed E-state index contributed by atoms with van der Waals surface area (Å²) in [7, 11) is 0. The summed E-state index contributed by atoms with van der Waals surface area (Å²) in [5.41, 5.74) is 4.55. The van der Waals surface area contributed by atoms with E-state index in [1.54, 1.807) is 6.92 Å². The largest absolute Gasteiger partial charge is 0.492 e. The van der Waals surface area contributed by atoms with Crippen LogP contribution in [0.25, 0.3) is 11.3 Å². The monoisotopic (exact) mass is 499 g/mol. The first-order valence-electron chi connectivity index (χ1n) is 10.9. The van der Waals surface area contributed by atoms with E-state index in [4.69, 9.17) is 14.2 Å². The summed E-state index contributed by atoms with van der Waals surface area (Å²) >= 11 is 3.49. The maximum atomic E-state index is 12.1. The second-order valence-corrected chi connectivity index (χ2v) is 8.33. The molecule has 0 spiro atoms. The van der Waals surface area contributed by atoms with Gasteiger partial charge in [-0.15, -0.1) is 0 Å². The Kier molecular flexibility index (Phi) is 8.94. The smallest absolute Gasteiger partial charge is 0.335 e. The first-order chi connectivity index (χ1) is 15.5. The molecule has 0 fully saturated rings. The van der Waals surface area contributed by atoms with Gasteiger partial charge in [-0.1, -0.05) is 40.2 Å². The third-order valence-corrected chi connectivity index (χ3v) is 5.71. The summed E-state index contributed by atoms with van der Waals surface area (Å²) in [5.74, 6) is 0.478. The zero-order valence-corrected chi connectivity index (χ0v) is 20.4. The highest BCUT2D eigenvalue weighted by Crippen LogP contribution is 2.24. The molecule has 0 bridgehead atoms. The molecular formula is C26H30BrNO4. The highest BCUT2D eigenvalue weighted by molar-refractivity contribution is 9.10. The number of esters is 1. The average Bonchev–Trinajstić information content (AvgIpc) is 3.15. The number of ether oxygens (including phenoxy) is 3. The zero-order chi connectivity index (χ0) is 22.9. The van der Waals surface area contributed by atoms with Gasteiger partial charge in [0.05, 0.1) is 13.2 Å². The molecule has 2 aromatic carbocycles. The predicted molar refractivity (Wildman–Crippen MR) is 130 cm³/mol. The van der Waals surface area contributed by atoms with Gasteiger partial charge in [0.25, 0.3) is 0 Å². The number of hydrogen-bond acceptors (Lipinski definition) is 4. The lowest BCUT2D eigenvalue weighted by atomic mass is 10.1. The molecule has 0 N–H and O–H groups in total. The van der Waals surface area contributed by atoms with Crippen LogP contribution in [0.1, 0.15) is 25.1 Å². The molecule has 0 saturated heterocycles. The number of nitrogens with zero attached hydrogens (tertiary/aromatic N) is 1. The van der Waals surface area contributed by atoms with Crippen LogP contribution in [0, 0.1) is 6.92 Å². The molecule has 6 heteroatoms. The summed E-state index contributed by atoms with van der Waals surface area (Å²) in [6.07, 6.45) is -0.105. The van der Waals surface area contributed by atoms with Crippen LogP contribution in [-0.2, 0) is 27.2 Å². The molecule has 3 aromatic rings. The van der Waals surface area contributed by atoms with Crippen molar-refractivity contribution in [1.29, 1.82) is 0 Å².